The lowest BCUT2D eigenvalue weighted by atomic mass is 10.2. The maximum atomic E-state index is 12.1. The molecule has 1 aromatic heterocycles. The average molecular weight is 364 g/mol. The maximum absolute atomic E-state index is 12.1. The summed E-state index contributed by atoms with van der Waals surface area (Å²) in [5, 5.41) is 2.75. The summed E-state index contributed by atoms with van der Waals surface area (Å²) in [6, 6.07) is 18.0. The number of benzene rings is 2. The molecular formula is C21H20N2O4. The van der Waals surface area contributed by atoms with Crippen molar-refractivity contribution in [3.63, 3.8) is 0 Å². The van der Waals surface area contributed by atoms with Crippen LogP contribution in [0.3, 0.4) is 0 Å². The maximum Gasteiger partial charge on any atom is 0.289 e. The summed E-state index contributed by atoms with van der Waals surface area (Å²) in [6.07, 6.45) is 1.42. The van der Waals surface area contributed by atoms with E-state index in [-0.39, 0.29) is 24.1 Å². The van der Waals surface area contributed by atoms with Crippen molar-refractivity contribution in [3.05, 3.63) is 78.3 Å². The van der Waals surface area contributed by atoms with Crippen LogP contribution >= 0.6 is 0 Å². The van der Waals surface area contributed by atoms with Crippen molar-refractivity contribution < 1.29 is 18.7 Å². The Labute approximate surface area is 157 Å². The number of ether oxygens (including phenoxy) is 1. The largest absolute Gasteiger partial charge is 0.459 e. The molecule has 3 aromatic rings. The first-order chi connectivity index (χ1) is 13.0. The number of carbonyl (C=O) groups is 2. The molecular weight excluding hydrogens is 344 g/mol. The van der Waals surface area contributed by atoms with Crippen molar-refractivity contribution in [2.45, 2.75) is 6.92 Å². The Hall–Kier alpha value is -3.54. The predicted molar refractivity (Wildman–Crippen MR) is 102 cm³/mol. The van der Waals surface area contributed by atoms with E-state index < -0.39 is 0 Å². The molecule has 27 heavy (non-hydrogen) atoms. The van der Waals surface area contributed by atoms with E-state index in [1.807, 2.05) is 31.2 Å². The van der Waals surface area contributed by atoms with Crippen molar-refractivity contribution in [1.82, 2.24) is 4.90 Å². The number of nitrogens with zero attached hydrogens (tertiary/aromatic N) is 1. The number of furan rings is 1. The number of hydrogen-bond acceptors (Lipinski definition) is 4. The minimum absolute atomic E-state index is 0.0823. The van der Waals surface area contributed by atoms with Gasteiger partial charge in [0.15, 0.2) is 5.76 Å². The zero-order chi connectivity index (χ0) is 19.2. The highest BCUT2D eigenvalue weighted by atomic mass is 16.5. The first-order valence-corrected chi connectivity index (χ1v) is 8.45. The molecule has 6 heteroatoms. The van der Waals surface area contributed by atoms with Crippen LogP contribution in [0.2, 0.25) is 0 Å². The van der Waals surface area contributed by atoms with Crippen molar-refractivity contribution in [3.8, 4) is 11.5 Å². The van der Waals surface area contributed by atoms with Crippen LogP contribution in [0.1, 0.15) is 16.1 Å². The number of hydrogen-bond donors (Lipinski definition) is 1. The topological polar surface area (TPSA) is 71.8 Å². The molecule has 2 amide bonds. The standard InChI is InChI=1S/C21H20N2O4/c1-15-5-3-6-18(13-15)27-17-10-8-16(9-11-17)22-20(24)14-23(2)21(25)19-7-4-12-26-19/h3-13H,14H2,1-2H3,(H,22,24). The Balaban J connectivity index is 1.54. The molecule has 1 N–H and O–H groups in total. The van der Waals surface area contributed by atoms with Gasteiger partial charge in [-0.2, -0.15) is 0 Å². The molecule has 2 aromatic carbocycles. The molecule has 0 atom stereocenters. The minimum Gasteiger partial charge on any atom is -0.459 e. The third kappa shape index (κ3) is 4.98. The Kier molecular flexibility index (Phi) is 5.56. The number of likely N-dealkylation sites (N-methyl/N-ethyl adjacent to an activating group) is 1. The van der Waals surface area contributed by atoms with Crippen LogP contribution in [0.5, 0.6) is 11.5 Å². The van der Waals surface area contributed by atoms with Crippen LogP contribution < -0.4 is 10.1 Å². The summed E-state index contributed by atoms with van der Waals surface area (Å²) < 4.78 is 10.8. The van der Waals surface area contributed by atoms with Gasteiger partial charge in [0.05, 0.1) is 12.8 Å². The normalized spacial score (nSPS) is 10.3. The van der Waals surface area contributed by atoms with Crippen molar-refractivity contribution >= 4 is 17.5 Å². The van der Waals surface area contributed by atoms with Gasteiger partial charge in [-0.3, -0.25) is 9.59 Å². The molecule has 0 saturated heterocycles. The van der Waals surface area contributed by atoms with E-state index in [1.54, 1.807) is 43.4 Å². The SMILES string of the molecule is Cc1cccc(Oc2ccc(NC(=O)CN(C)C(=O)c3ccco3)cc2)c1. The number of rotatable bonds is 6. The zero-order valence-corrected chi connectivity index (χ0v) is 15.1. The minimum atomic E-state index is -0.350. The fourth-order valence-electron chi connectivity index (χ4n) is 2.50. The molecule has 0 bridgehead atoms. The van der Waals surface area contributed by atoms with Crippen molar-refractivity contribution in [1.29, 1.82) is 0 Å². The van der Waals surface area contributed by atoms with Gasteiger partial charge in [-0.1, -0.05) is 12.1 Å². The third-order valence-electron chi connectivity index (χ3n) is 3.82. The van der Waals surface area contributed by atoms with Gasteiger partial charge in [0, 0.05) is 12.7 Å². The van der Waals surface area contributed by atoms with Crippen LogP contribution in [0.25, 0.3) is 0 Å². The fraction of sp³-hybridized carbons (Fsp3) is 0.143. The van der Waals surface area contributed by atoms with E-state index in [4.69, 9.17) is 9.15 Å². The second-order valence-electron chi connectivity index (χ2n) is 6.13. The summed E-state index contributed by atoms with van der Waals surface area (Å²) in [7, 11) is 1.54. The third-order valence-corrected chi connectivity index (χ3v) is 3.82. The summed E-state index contributed by atoms with van der Waals surface area (Å²) in [5.74, 6) is 0.971. The van der Waals surface area contributed by atoms with Gasteiger partial charge in [-0.05, 0) is 61.0 Å². The molecule has 0 aliphatic carbocycles. The smallest absolute Gasteiger partial charge is 0.289 e. The highest BCUT2D eigenvalue weighted by Crippen LogP contribution is 2.23. The zero-order valence-electron chi connectivity index (χ0n) is 15.1. The second kappa shape index (κ2) is 8.23. The van der Waals surface area contributed by atoms with Crippen LogP contribution in [0.15, 0.2) is 71.3 Å². The lowest BCUT2D eigenvalue weighted by Gasteiger charge is -2.15. The molecule has 138 valence electrons. The van der Waals surface area contributed by atoms with Gasteiger partial charge < -0.3 is 19.4 Å². The molecule has 3 rings (SSSR count). The Morgan fingerprint density at radius 2 is 1.81 bits per heavy atom. The van der Waals surface area contributed by atoms with Gasteiger partial charge >= 0.3 is 0 Å². The second-order valence-corrected chi connectivity index (χ2v) is 6.13. The van der Waals surface area contributed by atoms with Crippen LogP contribution in [0, 0.1) is 6.92 Å². The van der Waals surface area contributed by atoms with Gasteiger partial charge in [-0.25, -0.2) is 0 Å². The summed E-state index contributed by atoms with van der Waals surface area (Å²) in [5.41, 5.74) is 1.74. The number of aryl methyl sites for hydroxylation is 1. The lowest BCUT2D eigenvalue weighted by Crippen LogP contribution is -2.34. The number of carbonyl (C=O) groups excluding carboxylic acids is 2. The van der Waals surface area contributed by atoms with E-state index in [2.05, 4.69) is 5.32 Å². The summed E-state index contributed by atoms with van der Waals surface area (Å²) in [4.78, 5) is 25.5. The fourth-order valence-corrected chi connectivity index (χ4v) is 2.50. The molecule has 0 aliphatic heterocycles. The number of amides is 2. The van der Waals surface area contributed by atoms with Crippen molar-refractivity contribution in [2.24, 2.45) is 0 Å². The van der Waals surface area contributed by atoms with Crippen LogP contribution in [0.4, 0.5) is 5.69 Å². The van der Waals surface area contributed by atoms with Crippen molar-refractivity contribution in [2.75, 3.05) is 18.9 Å². The molecule has 0 saturated carbocycles. The van der Waals surface area contributed by atoms with Crippen LogP contribution in [-0.4, -0.2) is 30.3 Å². The molecule has 0 aliphatic rings. The first kappa shape index (κ1) is 18.3. The van der Waals surface area contributed by atoms with E-state index in [1.165, 1.54) is 11.2 Å². The molecule has 0 unspecified atom stereocenters. The summed E-state index contributed by atoms with van der Waals surface area (Å²) >= 11 is 0. The average Bonchev–Trinajstić information content (AvgIpc) is 3.17. The van der Waals surface area contributed by atoms with E-state index >= 15 is 0 Å². The number of anilines is 1. The molecule has 0 fully saturated rings. The quantitative estimate of drug-likeness (QED) is 0.715. The highest BCUT2D eigenvalue weighted by Gasteiger charge is 2.17. The van der Waals surface area contributed by atoms with Gasteiger partial charge in [0.1, 0.15) is 11.5 Å². The molecule has 6 nitrogen and oxygen atoms in total. The number of nitrogens with one attached hydrogen (secondary N) is 1. The van der Waals surface area contributed by atoms with E-state index in [9.17, 15) is 9.59 Å². The molecule has 1 heterocycles. The first-order valence-electron chi connectivity index (χ1n) is 8.45. The van der Waals surface area contributed by atoms with Gasteiger partial charge in [0.2, 0.25) is 5.91 Å². The Morgan fingerprint density at radius 1 is 1.04 bits per heavy atom. The Bertz CT molecular complexity index is 918. The lowest BCUT2D eigenvalue weighted by molar-refractivity contribution is -0.116. The summed E-state index contributed by atoms with van der Waals surface area (Å²) in [6.45, 7) is 1.92. The highest BCUT2D eigenvalue weighted by molar-refractivity contribution is 5.97. The monoisotopic (exact) mass is 364 g/mol. The van der Waals surface area contributed by atoms with Gasteiger partial charge in [0.25, 0.3) is 5.91 Å². The van der Waals surface area contributed by atoms with Crippen LogP contribution in [-0.2, 0) is 4.79 Å². The Morgan fingerprint density at radius 3 is 2.48 bits per heavy atom. The molecule has 0 spiro atoms. The van der Waals surface area contributed by atoms with E-state index in [0.717, 1.165) is 11.3 Å². The predicted octanol–water partition coefficient (Wildman–Crippen LogP) is 4.09. The van der Waals surface area contributed by atoms with Gasteiger partial charge in [-0.15, -0.1) is 0 Å². The van der Waals surface area contributed by atoms with E-state index in [0.29, 0.717) is 11.4 Å². The molecule has 0 radical (unpaired) electrons.